The number of aromatic nitrogens is 1. The maximum absolute atomic E-state index is 13.2. The molecular formula is C23H20ClFN2O3. The lowest BCUT2D eigenvalue weighted by Crippen LogP contribution is -2.45. The smallest absolute Gasteiger partial charge is 0.249 e. The predicted octanol–water partition coefficient (Wildman–Crippen LogP) is 4.81. The van der Waals surface area contributed by atoms with E-state index in [0.717, 1.165) is 11.1 Å². The number of ether oxygens (including phenoxy) is 2. The molecule has 5 nitrogen and oxygen atoms in total. The van der Waals surface area contributed by atoms with Crippen LogP contribution in [-0.4, -0.2) is 35.5 Å². The van der Waals surface area contributed by atoms with E-state index in [1.165, 1.54) is 12.1 Å². The van der Waals surface area contributed by atoms with Crippen LogP contribution in [0.3, 0.4) is 0 Å². The van der Waals surface area contributed by atoms with Crippen LogP contribution in [-0.2, 0) is 16.0 Å². The summed E-state index contributed by atoms with van der Waals surface area (Å²) < 4.78 is 24.7. The molecule has 3 aromatic rings. The third-order valence-corrected chi connectivity index (χ3v) is 5.36. The summed E-state index contributed by atoms with van der Waals surface area (Å²) in [4.78, 5) is 18.6. The molecule has 154 valence electrons. The molecular weight excluding hydrogens is 407 g/mol. The Bertz CT molecular complexity index is 1030. The number of carbonyl (C=O) groups is 1. The summed E-state index contributed by atoms with van der Waals surface area (Å²) in [7, 11) is 0. The van der Waals surface area contributed by atoms with E-state index < -0.39 is 0 Å². The van der Waals surface area contributed by atoms with E-state index in [9.17, 15) is 9.18 Å². The summed E-state index contributed by atoms with van der Waals surface area (Å²) >= 11 is 6.27. The standard InChI is InChI=1S/C23H20ClFN2O3/c24-20-4-2-1-3-16(20)10-12-27-21(14-29-15-23(27)28)19-13-26-11-9-22(19)30-18-7-5-17(25)6-8-18/h1-9,11,13,21H,10,12,14-15H2. The number of carbonyl (C=O) groups excluding carboxylic acids is 1. The van der Waals surface area contributed by atoms with Gasteiger partial charge in [-0.2, -0.15) is 0 Å². The lowest BCUT2D eigenvalue weighted by Gasteiger charge is -2.36. The molecule has 0 spiro atoms. The Hall–Kier alpha value is -2.96. The average molecular weight is 427 g/mol. The van der Waals surface area contributed by atoms with Gasteiger partial charge in [0.15, 0.2) is 0 Å². The number of morpholine rings is 1. The van der Waals surface area contributed by atoms with Gasteiger partial charge in [0, 0.05) is 29.5 Å². The van der Waals surface area contributed by atoms with Crippen molar-refractivity contribution in [2.24, 2.45) is 0 Å². The zero-order valence-corrected chi connectivity index (χ0v) is 16.9. The summed E-state index contributed by atoms with van der Waals surface area (Å²) in [6.45, 7) is 0.856. The molecule has 0 saturated carbocycles. The first-order valence-corrected chi connectivity index (χ1v) is 9.97. The number of nitrogens with zero attached hydrogens (tertiary/aromatic N) is 2. The highest BCUT2D eigenvalue weighted by Crippen LogP contribution is 2.34. The zero-order valence-electron chi connectivity index (χ0n) is 16.1. The molecule has 1 saturated heterocycles. The molecule has 1 aliphatic rings. The number of pyridine rings is 1. The summed E-state index contributed by atoms with van der Waals surface area (Å²) in [5, 5.41) is 0.677. The second-order valence-corrected chi connectivity index (χ2v) is 7.34. The maximum Gasteiger partial charge on any atom is 0.249 e. The van der Waals surface area contributed by atoms with Crippen LogP contribution < -0.4 is 4.74 Å². The largest absolute Gasteiger partial charge is 0.457 e. The second kappa shape index (κ2) is 9.24. The van der Waals surface area contributed by atoms with Crippen molar-refractivity contribution in [3.8, 4) is 11.5 Å². The van der Waals surface area contributed by atoms with Crippen molar-refractivity contribution < 1.29 is 18.7 Å². The van der Waals surface area contributed by atoms with E-state index in [0.29, 0.717) is 36.1 Å². The van der Waals surface area contributed by atoms with Crippen molar-refractivity contribution in [3.63, 3.8) is 0 Å². The molecule has 0 N–H and O–H groups in total. The number of amides is 1. The van der Waals surface area contributed by atoms with Crippen molar-refractivity contribution in [2.45, 2.75) is 12.5 Å². The minimum Gasteiger partial charge on any atom is -0.457 e. The number of hydrogen-bond donors (Lipinski definition) is 0. The highest BCUT2D eigenvalue weighted by Gasteiger charge is 2.32. The van der Waals surface area contributed by atoms with Crippen LogP contribution in [0.1, 0.15) is 17.2 Å². The van der Waals surface area contributed by atoms with Gasteiger partial charge in [0.05, 0.1) is 12.6 Å². The zero-order chi connectivity index (χ0) is 20.9. The minimum absolute atomic E-state index is 0.0352. The Morgan fingerprint density at radius 1 is 1.17 bits per heavy atom. The first kappa shape index (κ1) is 20.3. The molecule has 30 heavy (non-hydrogen) atoms. The highest BCUT2D eigenvalue weighted by atomic mass is 35.5. The fourth-order valence-electron chi connectivity index (χ4n) is 3.45. The topological polar surface area (TPSA) is 51.7 Å². The number of halogens is 2. The van der Waals surface area contributed by atoms with Crippen LogP contribution in [0.4, 0.5) is 4.39 Å². The molecule has 0 bridgehead atoms. The van der Waals surface area contributed by atoms with Crippen LogP contribution in [0.5, 0.6) is 11.5 Å². The van der Waals surface area contributed by atoms with Crippen molar-refractivity contribution in [2.75, 3.05) is 19.8 Å². The van der Waals surface area contributed by atoms with Crippen molar-refractivity contribution in [1.82, 2.24) is 9.88 Å². The Kier molecular flexibility index (Phi) is 6.26. The molecule has 2 aromatic carbocycles. The number of rotatable bonds is 6. The fraction of sp³-hybridized carbons (Fsp3) is 0.217. The third kappa shape index (κ3) is 4.61. The van der Waals surface area contributed by atoms with Gasteiger partial charge in [-0.25, -0.2) is 4.39 Å². The highest BCUT2D eigenvalue weighted by molar-refractivity contribution is 6.31. The van der Waals surface area contributed by atoms with Crippen LogP contribution in [0, 0.1) is 5.82 Å². The summed E-state index contributed by atoms with van der Waals surface area (Å²) in [5.74, 6) is 0.599. The van der Waals surface area contributed by atoms with Gasteiger partial charge in [0.25, 0.3) is 0 Å². The Morgan fingerprint density at radius 2 is 1.97 bits per heavy atom. The minimum atomic E-state index is -0.349. The van der Waals surface area contributed by atoms with Gasteiger partial charge >= 0.3 is 0 Å². The van der Waals surface area contributed by atoms with Crippen LogP contribution in [0.2, 0.25) is 5.02 Å². The van der Waals surface area contributed by atoms with E-state index in [1.54, 1.807) is 35.5 Å². The molecule has 1 atom stereocenters. The van der Waals surface area contributed by atoms with E-state index in [4.69, 9.17) is 21.1 Å². The molecule has 1 unspecified atom stereocenters. The number of hydrogen-bond acceptors (Lipinski definition) is 4. The third-order valence-electron chi connectivity index (χ3n) is 4.99. The van der Waals surface area contributed by atoms with Crippen LogP contribution >= 0.6 is 11.6 Å². The maximum atomic E-state index is 13.2. The normalized spacial score (nSPS) is 16.5. The molecule has 2 heterocycles. The first-order valence-electron chi connectivity index (χ1n) is 9.60. The fourth-order valence-corrected chi connectivity index (χ4v) is 3.68. The van der Waals surface area contributed by atoms with Crippen molar-refractivity contribution in [3.05, 3.63) is 89.0 Å². The SMILES string of the molecule is O=C1COCC(c2cnccc2Oc2ccc(F)cc2)N1CCc1ccccc1Cl. The molecule has 0 radical (unpaired) electrons. The second-order valence-electron chi connectivity index (χ2n) is 6.93. The first-order chi connectivity index (χ1) is 14.6. The van der Waals surface area contributed by atoms with Gasteiger partial charge in [0.1, 0.15) is 23.9 Å². The van der Waals surface area contributed by atoms with Crippen molar-refractivity contribution in [1.29, 1.82) is 0 Å². The van der Waals surface area contributed by atoms with Gasteiger partial charge in [0.2, 0.25) is 5.91 Å². The lowest BCUT2D eigenvalue weighted by atomic mass is 10.0. The molecule has 4 rings (SSSR count). The van der Waals surface area contributed by atoms with Gasteiger partial charge in [-0.3, -0.25) is 9.78 Å². The van der Waals surface area contributed by atoms with E-state index >= 15 is 0 Å². The molecule has 1 fully saturated rings. The Balaban J connectivity index is 1.58. The van der Waals surface area contributed by atoms with Gasteiger partial charge in [-0.1, -0.05) is 29.8 Å². The Labute approximate surface area is 179 Å². The number of benzene rings is 2. The van der Waals surface area contributed by atoms with E-state index in [2.05, 4.69) is 4.98 Å². The summed E-state index contributed by atoms with van der Waals surface area (Å²) in [5.41, 5.74) is 1.71. The average Bonchev–Trinajstić information content (AvgIpc) is 2.76. The summed E-state index contributed by atoms with van der Waals surface area (Å²) in [6.07, 6.45) is 3.91. The molecule has 1 aliphatic heterocycles. The van der Waals surface area contributed by atoms with Gasteiger partial charge in [-0.05, 0) is 48.4 Å². The monoisotopic (exact) mass is 426 g/mol. The lowest BCUT2D eigenvalue weighted by molar-refractivity contribution is -0.148. The van der Waals surface area contributed by atoms with Crippen molar-refractivity contribution >= 4 is 17.5 Å². The van der Waals surface area contributed by atoms with Crippen LogP contribution in [0.15, 0.2) is 67.0 Å². The predicted molar refractivity (Wildman–Crippen MR) is 111 cm³/mol. The quantitative estimate of drug-likeness (QED) is 0.567. The van der Waals surface area contributed by atoms with E-state index in [1.807, 2.05) is 24.3 Å². The molecule has 7 heteroatoms. The van der Waals surface area contributed by atoms with Crippen LogP contribution in [0.25, 0.3) is 0 Å². The Morgan fingerprint density at radius 3 is 2.77 bits per heavy atom. The van der Waals surface area contributed by atoms with Gasteiger partial charge in [-0.15, -0.1) is 0 Å². The molecule has 1 amide bonds. The summed E-state index contributed by atoms with van der Waals surface area (Å²) in [6, 6.07) is 14.7. The molecule has 0 aliphatic carbocycles. The van der Waals surface area contributed by atoms with E-state index in [-0.39, 0.29) is 24.4 Å². The molecule has 1 aromatic heterocycles. The van der Waals surface area contributed by atoms with Gasteiger partial charge < -0.3 is 14.4 Å².